The van der Waals surface area contributed by atoms with Crippen LogP contribution in [0.25, 0.3) is 0 Å². The zero-order valence-electron chi connectivity index (χ0n) is 9.93. The quantitative estimate of drug-likeness (QED) is 0.766. The fourth-order valence-electron chi connectivity index (χ4n) is 2.48. The molecule has 0 bridgehead atoms. The molecule has 0 unspecified atom stereocenters. The number of likely N-dealkylation sites (N-methyl/N-ethyl adjacent to an activating group) is 1. The highest BCUT2D eigenvalue weighted by molar-refractivity contribution is 6.31. The van der Waals surface area contributed by atoms with E-state index in [0.29, 0.717) is 5.02 Å². The molecule has 0 aliphatic carbocycles. The minimum Gasteiger partial charge on any atom is -0.314 e. The number of carbonyl (C=O) groups is 1. The number of amides is 1. The first kappa shape index (κ1) is 11.3. The number of hydrogen-bond acceptors (Lipinski definition) is 1. The molecule has 2 aromatic carbocycles. The molecule has 90 valence electrons. The molecule has 0 saturated carbocycles. The molecule has 2 aromatic rings. The summed E-state index contributed by atoms with van der Waals surface area (Å²) in [5.41, 5.74) is 2.94. The monoisotopic (exact) mass is 257 g/mol. The smallest absolute Gasteiger partial charge is 0.238 e. The van der Waals surface area contributed by atoms with Gasteiger partial charge in [-0.3, -0.25) is 4.79 Å². The van der Waals surface area contributed by atoms with Crippen molar-refractivity contribution in [2.75, 3.05) is 11.9 Å². The highest BCUT2D eigenvalue weighted by Gasteiger charge is 2.36. The number of carbonyl (C=O) groups excluding carboxylic acids is 1. The molecule has 1 amide bonds. The predicted molar refractivity (Wildman–Crippen MR) is 73.1 cm³/mol. The Hall–Kier alpha value is -1.80. The summed E-state index contributed by atoms with van der Waals surface area (Å²) >= 11 is 6.04. The fourth-order valence-corrected chi connectivity index (χ4v) is 2.66. The topological polar surface area (TPSA) is 20.3 Å². The maximum absolute atomic E-state index is 12.4. The summed E-state index contributed by atoms with van der Waals surface area (Å²) in [6, 6.07) is 15.4. The van der Waals surface area contributed by atoms with Crippen molar-refractivity contribution in [1.82, 2.24) is 0 Å². The average molecular weight is 258 g/mol. The maximum Gasteiger partial charge on any atom is 0.238 e. The van der Waals surface area contributed by atoms with Crippen LogP contribution in [-0.2, 0) is 4.79 Å². The van der Waals surface area contributed by atoms with E-state index < -0.39 is 0 Å². The van der Waals surface area contributed by atoms with Gasteiger partial charge in [0.2, 0.25) is 5.91 Å². The van der Waals surface area contributed by atoms with E-state index in [2.05, 4.69) is 0 Å². The van der Waals surface area contributed by atoms with Gasteiger partial charge in [0.25, 0.3) is 0 Å². The lowest BCUT2D eigenvalue weighted by atomic mass is 9.93. The number of rotatable bonds is 1. The number of benzene rings is 2. The van der Waals surface area contributed by atoms with E-state index in [1.165, 1.54) is 0 Å². The number of anilines is 1. The van der Waals surface area contributed by atoms with Crippen LogP contribution in [0, 0.1) is 0 Å². The summed E-state index contributed by atoms with van der Waals surface area (Å²) in [6.07, 6.45) is 0. The lowest BCUT2D eigenvalue weighted by molar-refractivity contribution is -0.118. The fraction of sp³-hybridized carbons (Fsp3) is 0.133. The van der Waals surface area contributed by atoms with Crippen molar-refractivity contribution in [3.8, 4) is 0 Å². The van der Waals surface area contributed by atoms with Gasteiger partial charge in [-0.05, 0) is 29.3 Å². The van der Waals surface area contributed by atoms with E-state index >= 15 is 0 Å². The summed E-state index contributed by atoms with van der Waals surface area (Å²) < 4.78 is 0. The highest BCUT2D eigenvalue weighted by Crippen LogP contribution is 2.41. The molecule has 3 heteroatoms. The standard InChI is InChI=1S/C15H12ClNO/c1-17-13-8-7-11(16)9-12(13)14(15(17)18)10-5-3-2-4-6-10/h2-9,14H,1H3/t14-/m0/s1. The van der Waals surface area contributed by atoms with Crippen molar-refractivity contribution < 1.29 is 4.79 Å². The Bertz CT molecular complexity index is 609. The van der Waals surface area contributed by atoms with Crippen LogP contribution in [-0.4, -0.2) is 13.0 Å². The van der Waals surface area contributed by atoms with Crippen molar-refractivity contribution in [1.29, 1.82) is 0 Å². The van der Waals surface area contributed by atoms with E-state index in [4.69, 9.17) is 11.6 Å². The van der Waals surface area contributed by atoms with Crippen molar-refractivity contribution in [2.24, 2.45) is 0 Å². The molecule has 0 radical (unpaired) electrons. The Labute approximate surface area is 111 Å². The Morgan fingerprint density at radius 3 is 2.56 bits per heavy atom. The summed E-state index contributed by atoms with van der Waals surface area (Å²) in [5.74, 6) is -0.136. The average Bonchev–Trinajstić information content (AvgIpc) is 2.63. The molecule has 0 aromatic heterocycles. The van der Waals surface area contributed by atoms with E-state index in [1.54, 1.807) is 11.9 Å². The third kappa shape index (κ3) is 1.61. The second-order valence-corrected chi connectivity index (χ2v) is 4.88. The molecule has 0 saturated heterocycles. The minimum absolute atomic E-state index is 0.0958. The highest BCUT2D eigenvalue weighted by atomic mass is 35.5. The summed E-state index contributed by atoms with van der Waals surface area (Å²) in [4.78, 5) is 14.1. The molecule has 1 aliphatic heterocycles. The molecule has 1 aliphatic rings. The third-order valence-corrected chi connectivity index (χ3v) is 3.61. The van der Waals surface area contributed by atoms with Crippen LogP contribution in [0.4, 0.5) is 5.69 Å². The second kappa shape index (κ2) is 4.14. The van der Waals surface area contributed by atoms with E-state index in [1.807, 2.05) is 48.5 Å². The van der Waals surface area contributed by atoms with Crippen LogP contribution in [0.1, 0.15) is 17.0 Å². The van der Waals surface area contributed by atoms with Crippen LogP contribution in [0.3, 0.4) is 0 Å². The van der Waals surface area contributed by atoms with E-state index in [9.17, 15) is 4.79 Å². The van der Waals surface area contributed by atoms with Crippen LogP contribution >= 0.6 is 11.6 Å². The van der Waals surface area contributed by atoms with E-state index in [0.717, 1.165) is 16.8 Å². The van der Waals surface area contributed by atoms with Gasteiger partial charge < -0.3 is 4.90 Å². The number of fused-ring (bicyclic) bond motifs is 1. The van der Waals surface area contributed by atoms with Gasteiger partial charge >= 0.3 is 0 Å². The van der Waals surface area contributed by atoms with Gasteiger partial charge in [0.1, 0.15) is 0 Å². The molecule has 0 spiro atoms. The molecular formula is C15H12ClNO. The zero-order chi connectivity index (χ0) is 12.7. The first-order chi connectivity index (χ1) is 8.68. The minimum atomic E-state index is -0.232. The van der Waals surface area contributed by atoms with Crippen LogP contribution < -0.4 is 4.90 Å². The molecule has 1 atom stereocenters. The SMILES string of the molecule is CN1C(=O)[C@@H](c2ccccc2)c2cc(Cl)ccc21. The van der Waals surface area contributed by atoms with Gasteiger partial charge in [0.05, 0.1) is 5.92 Å². The van der Waals surface area contributed by atoms with Gasteiger partial charge in [-0.1, -0.05) is 41.9 Å². The lowest BCUT2D eigenvalue weighted by Gasteiger charge is -2.11. The largest absolute Gasteiger partial charge is 0.314 e. The van der Waals surface area contributed by atoms with Crippen molar-refractivity contribution >= 4 is 23.2 Å². The summed E-state index contributed by atoms with van der Waals surface area (Å²) in [7, 11) is 1.80. The molecule has 1 heterocycles. The van der Waals surface area contributed by atoms with E-state index in [-0.39, 0.29) is 11.8 Å². The normalized spacial score (nSPS) is 18.0. The van der Waals surface area contributed by atoms with Crippen LogP contribution in [0.2, 0.25) is 5.02 Å². The Morgan fingerprint density at radius 1 is 1.11 bits per heavy atom. The third-order valence-electron chi connectivity index (χ3n) is 3.37. The predicted octanol–water partition coefficient (Wildman–Crippen LogP) is 3.45. The summed E-state index contributed by atoms with van der Waals surface area (Å²) in [5, 5.41) is 0.665. The van der Waals surface area contributed by atoms with Gasteiger partial charge in [-0.25, -0.2) is 0 Å². The molecule has 0 N–H and O–H groups in total. The zero-order valence-corrected chi connectivity index (χ0v) is 10.7. The van der Waals surface area contributed by atoms with Crippen LogP contribution in [0.5, 0.6) is 0 Å². The van der Waals surface area contributed by atoms with Crippen molar-refractivity contribution in [3.05, 3.63) is 64.7 Å². The number of halogens is 1. The molecule has 3 rings (SSSR count). The maximum atomic E-state index is 12.4. The van der Waals surface area contributed by atoms with Crippen molar-refractivity contribution in [2.45, 2.75) is 5.92 Å². The molecule has 2 nitrogen and oxygen atoms in total. The first-order valence-electron chi connectivity index (χ1n) is 5.80. The Morgan fingerprint density at radius 2 is 1.83 bits per heavy atom. The van der Waals surface area contributed by atoms with Gasteiger partial charge in [-0.15, -0.1) is 0 Å². The Balaban J connectivity index is 2.18. The first-order valence-corrected chi connectivity index (χ1v) is 6.18. The van der Waals surface area contributed by atoms with Gasteiger partial charge in [0, 0.05) is 17.8 Å². The van der Waals surface area contributed by atoms with Crippen molar-refractivity contribution in [3.63, 3.8) is 0 Å². The second-order valence-electron chi connectivity index (χ2n) is 4.44. The molecular weight excluding hydrogens is 246 g/mol. The number of nitrogens with zero attached hydrogens (tertiary/aromatic N) is 1. The van der Waals surface area contributed by atoms with Gasteiger partial charge in [0.15, 0.2) is 0 Å². The Kier molecular flexibility index (Phi) is 2.60. The van der Waals surface area contributed by atoms with Crippen LogP contribution in [0.15, 0.2) is 48.5 Å². The van der Waals surface area contributed by atoms with Gasteiger partial charge in [-0.2, -0.15) is 0 Å². The summed E-state index contributed by atoms with van der Waals surface area (Å²) in [6.45, 7) is 0. The molecule has 18 heavy (non-hydrogen) atoms. The molecule has 0 fully saturated rings. The lowest BCUT2D eigenvalue weighted by Crippen LogP contribution is -2.24. The number of hydrogen-bond donors (Lipinski definition) is 0.